The molecular formula is C17H21N3O3. The summed E-state index contributed by atoms with van der Waals surface area (Å²) < 4.78 is 10.9. The lowest BCUT2D eigenvalue weighted by molar-refractivity contribution is 0.0124. The highest BCUT2D eigenvalue weighted by Crippen LogP contribution is 2.21. The molecule has 122 valence electrons. The lowest BCUT2D eigenvalue weighted by Crippen LogP contribution is -2.44. The van der Waals surface area contributed by atoms with Gasteiger partial charge in [0.25, 0.3) is 0 Å². The fourth-order valence-corrected chi connectivity index (χ4v) is 2.67. The van der Waals surface area contributed by atoms with Gasteiger partial charge in [0.1, 0.15) is 5.76 Å². The summed E-state index contributed by atoms with van der Waals surface area (Å²) in [5.74, 6) is 0.854. The van der Waals surface area contributed by atoms with Gasteiger partial charge in [0.2, 0.25) is 0 Å². The van der Waals surface area contributed by atoms with Gasteiger partial charge in [-0.05, 0) is 24.3 Å². The van der Waals surface area contributed by atoms with Crippen molar-refractivity contribution >= 4 is 11.7 Å². The van der Waals surface area contributed by atoms with Crippen molar-refractivity contribution in [1.29, 1.82) is 0 Å². The van der Waals surface area contributed by atoms with E-state index < -0.39 is 0 Å². The van der Waals surface area contributed by atoms with Gasteiger partial charge in [-0.25, -0.2) is 4.79 Å². The van der Waals surface area contributed by atoms with Gasteiger partial charge in [-0.2, -0.15) is 0 Å². The van der Waals surface area contributed by atoms with E-state index in [2.05, 4.69) is 15.5 Å². The first-order valence-electron chi connectivity index (χ1n) is 7.78. The number of urea groups is 1. The van der Waals surface area contributed by atoms with Gasteiger partial charge < -0.3 is 19.8 Å². The quantitative estimate of drug-likeness (QED) is 0.889. The van der Waals surface area contributed by atoms with Crippen LogP contribution in [0.4, 0.5) is 10.5 Å². The van der Waals surface area contributed by atoms with E-state index in [1.807, 2.05) is 42.5 Å². The normalized spacial score (nSPS) is 16.7. The van der Waals surface area contributed by atoms with Crippen LogP contribution in [0.2, 0.25) is 0 Å². The maximum Gasteiger partial charge on any atom is 0.319 e. The number of amides is 2. The molecule has 0 radical (unpaired) electrons. The zero-order chi connectivity index (χ0) is 15.9. The maximum absolute atomic E-state index is 12.1. The van der Waals surface area contributed by atoms with Crippen molar-refractivity contribution in [2.45, 2.75) is 6.04 Å². The number of ether oxygens (including phenoxy) is 1. The summed E-state index contributed by atoms with van der Waals surface area (Å²) in [5, 5.41) is 5.75. The second-order valence-electron chi connectivity index (χ2n) is 5.38. The van der Waals surface area contributed by atoms with Crippen molar-refractivity contribution in [3.63, 3.8) is 0 Å². The topological polar surface area (TPSA) is 66.7 Å². The summed E-state index contributed by atoms with van der Waals surface area (Å²) >= 11 is 0. The smallest absolute Gasteiger partial charge is 0.319 e. The fourth-order valence-electron chi connectivity index (χ4n) is 2.67. The number of benzene rings is 1. The molecule has 6 heteroatoms. The Morgan fingerprint density at radius 1 is 1.13 bits per heavy atom. The molecule has 2 aromatic rings. The summed E-state index contributed by atoms with van der Waals surface area (Å²) in [4.78, 5) is 14.3. The van der Waals surface area contributed by atoms with E-state index >= 15 is 0 Å². The fraction of sp³-hybridized carbons (Fsp3) is 0.353. The number of nitrogens with zero attached hydrogens (tertiary/aromatic N) is 1. The Balaban J connectivity index is 1.59. The molecule has 0 aliphatic carbocycles. The van der Waals surface area contributed by atoms with Gasteiger partial charge in [-0.15, -0.1) is 0 Å². The molecule has 0 saturated carbocycles. The molecule has 0 bridgehead atoms. The van der Waals surface area contributed by atoms with E-state index in [1.165, 1.54) is 0 Å². The summed E-state index contributed by atoms with van der Waals surface area (Å²) in [6.45, 7) is 3.54. The van der Waals surface area contributed by atoms with Gasteiger partial charge in [0.05, 0.1) is 25.5 Å². The van der Waals surface area contributed by atoms with Crippen LogP contribution in [0.1, 0.15) is 11.8 Å². The van der Waals surface area contributed by atoms with Crippen molar-refractivity contribution in [1.82, 2.24) is 10.2 Å². The molecule has 1 aliphatic rings. The predicted molar refractivity (Wildman–Crippen MR) is 87.3 cm³/mol. The SMILES string of the molecule is O=C(NCC(c1ccco1)N1CCOCC1)Nc1ccccc1. The third kappa shape index (κ3) is 4.34. The number of morpholine rings is 1. The molecule has 1 saturated heterocycles. The molecule has 1 unspecified atom stereocenters. The molecule has 1 aromatic carbocycles. The number of para-hydroxylation sites is 1. The van der Waals surface area contributed by atoms with Crippen molar-refractivity contribution in [2.75, 3.05) is 38.2 Å². The highest BCUT2D eigenvalue weighted by molar-refractivity contribution is 5.89. The minimum atomic E-state index is -0.221. The first-order chi connectivity index (χ1) is 11.3. The van der Waals surface area contributed by atoms with Crippen LogP contribution < -0.4 is 10.6 Å². The van der Waals surface area contributed by atoms with Gasteiger partial charge >= 0.3 is 6.03 Å². The average Bonchev–Trinajstić information content (AvgIpc) is 3.11. The Labute approximate surface area is 135 Å². The number of hydrogen-bond donors (Lipinski definition) is 2. The first kappa shape index (κ1) is 15.6. The highest BCUT2D eigenvalue weighted by Gasteiger charge is 2.25. The molecule has 2 N–H and O–H groups in total. The monoisotopic (exact) mass is 315 g/mol. The number of hydrogen-bond acceptors (Lipinski definition) is 4. The Hall–Kier alpha value is -2.31. The van der Waals surface area contributed by atoms with Crippen LogP contribution in [0.15, 0.2) is 53.1 Å². The van der Waals surface area contributed by atoms with Crippen LogP contribution in [0, 0.1) is 0 Å². The standard InChI is InChI=1S/C17H21N3O3/c21-17(19-14-5-2-1-3-6-14)18-13-15(16-7-4-10-23-16)20-8-11-22-12-9-20/h1-7,10,15H,8-9,11-13H2,(H2,18,19,21). The second-order valence-corrected chi connectivity index (χ2v) is 5.38. The zero-order valence-corrected chi connectivity index (χ0v) is 12.9. The van der Waals surface area contributed by atoms with Crippen molar-refractivity contribution in [2.24, 2.45) is 0 Å². The number of furan rings is 1. The number of rotatable bonds is 5. The third-order valence-electron chi connectivity index (χ3n) is 3.85. The van der Waals surface area contributed by atoms with Crippen LogP contribution in [0.25, 0.3) is 0 Å². The van der Waals surface area contributed by atoms with E-state index in [4.69, 9.17) is 9.15 Å². The molecule has 1 atom stereocenters. The number of anilines is 1. The number of carbonyl (C=O) groups excluding carboxylic acids is 1. The van der Waals surface area contributed by atoms with Gasteiger partial charge in [0.15, 0.2) is 0 Å². The summed E-state index contributed by atoms with van der Waals surface area (Å²) in [7, 11) is 0. The van der Waals surface area contributed by atoms with Gasteiger partial charge in [0, 0.05) is 25.3 Å². The van der Waals surface area contributed by atoms with Crippen LogP contribution in [0.5, 0.6) is 0 Å². The Morgan fingerprint density at radius 2 is 1.91 bits per heavy atom. The molecule has 0 spiro atoms. The minimum Gasteiger partial charge on any atom is -0.468 e. The largest absolute Gasteiger partial charge is 0.468 e. The molecule has 1 fully saturated rings. The number of carbonyl (C=O) groups is 1. The highest BCUT2D eigenvalue weighted by atomic mass is 16.5. The summed E-state index contributed by atoms with van der Waals surface area (Å²) in [6, 6.07) is 13.0. The van der Waals surface area contributed by atoms with Gasteiger partial charge in [-0.1, -0.05) is 18.2 Å². The maximum atomic E-state index is 12.1. The lowest BCUT2D eigenvalue weighted by atomic mass is 10.1. The first-order valence-corrected chi connectivity index (χ1v) is 7.78. The molecule has 1 aliphatic heterocycles. The summed E-state index contributed by atoms with van der Waals surface area (Å²) in [6.07, 6.45) is 1.66. The molecule has 23 heavy (non-hydrogen) atoms. The van der Waals surface area contributed by atoms with Gasteiger partial charge in [-0.3, -0.25) is 4.90 Å². The van der Waals surface area contributed by atoms with E-state index in [1.54, 1.807) is 6.26 Å². The van der Waals surface area contributed by atoms with Crippen LogP contribution >= 0.6 is 0 Å². The van der Waals surface area contributed by atoms with E-state index in [9.17, 15) is 4.79 Å². The van der Waals surface area contributed by atoms with Crippen molar-refractivity contribution in [3.05, 3.63) is 54.5 Å². The van der Waals surface area contributed by atoms with Crippen LogP contribution in [-0.2, 0) is 4.74 Å². The summed E-state index contributed by atoms with van der Waals surface area (Å²) in [5.41, 5.74) is 0.769. The number of nitrogens with one attached hydrogen (secondary N) is 2. The Morgan fingerprint density at radius 3 is 2.61 bits per heavy atom. The van der Waals surface area contributed by atoms with E-state index in [0.717, 1.165) is 24.5 Å². The van der Waals surface area contributed by atoms with E-state index in [0.29, 0.717) is 19.8 Å². The molecule has 1 aromatic heterocycles. The zero-order valence-electron chi connectivity index (χ0n) is 12.9. The molecular weight excluding hydrogens is 294 g/mol. The molecule has 6 nitrogen and oxygen atoms in total. The molecule has 2 amide bonds. The Kier molecular flexibility index (Phi) is 5.29. The van der Waals surface area contributed by atoms with E-state index in [-0.39, 0.29) is 12.1 Å². The van der Waals surface area contributed by atoms with Crippen molar-refractivity contribution in [3.8, 4) is 0 Å². The predicted octanol–water partition coefficient (Wildman–Crippen LogP) is 2.47. The second kappa shape index (κ2) is 7.80. The van der Waals surface area contributed by atoms with Crippen LogP contribution in [0.3, 0.4) is 0 Å². The lowest BCUT2D eigenvalue weighted by Gasteiger charge is -2.33. The Bertz CT molecular complexity index is 595. The molecule has 3 rings (SSSR count). The van der Waals surface area contributed by atoms with Crippen molar-refractivity contribution < 1.29 is 13.9 Å². The average molecular weight is 315 g/mol. The van der Waals surface area contributed by atoms with Crippen LogP contribution in [-0.4, -0.2) is 43.8 Å². The minimum absolute atomic E-state index is 0.00965. The molecule has 2 heterocycles. The third-order valence-corrected chi connectivity index (χ3v) is 3.85.